The highest BCUT2D eigenvalue weighted by Gasteiger charge is 2.14. The van der Waals surface area contributed by atoms with Crippen LogP contribution in [0.2, 0.25) is 0 Å². The monoisotopic (exact) mass is 260 g/mol. The second kappa shape index (κ2) is 5.91. The molecule has 4 nitrogen and oxygen atoms in total. The van der Waals surface area contributed by atoms with Crippen LogP contribution in [-0.2, 0) is 6.54 Å². The summed E-state index contributed by atoms with van der Waals surface area (Å²) in [5, 5.41) is 10.2. The summed E-state index contributed by atoms with van der Waals surface area (Å²) in [4.78, 5) is 2.01. The van der Waals surface area contributed by atoms with Crippen molar-refractivity contribution in [3.63, 3.8) is 0 Å². The molecule has 1 heterocycles. The number of nitrogens with zero attached hydrogens (tertiary/aromatic N) is 1. The maximum Gasteiger partial charge on any atom is 0.118 e. The summed E-state index contributed by atoms with van der Waals surface area (Å²) in [5.41, 5.74) is 7.25. The molecule has 0 fully saturated rings. The van der Waals surface area contributed by atoms with Crippen molar-refractivity contribution in [2.24, 2.45) is 0 Å². The van der Waals surface area contributed by atoms with E-state index in [4.69, 9.17) is 10.2 Å². The summed E-state index contributed by atoms with van der Waals surface area (Å²) in [5.74, 6) is 1.80. The van der Waals surface area contributed by atoms with Crippen LogP contribution in [0.25, 0.3) is 0 Å². The van der Waals surface area contributed by atoms with Gasteiger partial charge in [-0.1, -0.05) is 18.2 Å². The minimum atomic E-state index is -0.595. The molecule has 0 saturated carbocycles. The van der Waals surface area contributed by atoms with Crippen LogP contribution in [0.4, 0.5) is 5.69 Å². The van der Waals surface area contributed by atoms with E-state index in [1.54, 1.807) is 6.07 Å². The zero-order valence-corrected chi connectivity index (χ0v) is 11.3. The van der Waals surface area contributed by atoms with E-state index in [-0.39, 0.29) is 0 Å². The maximum absolute atomic E-state index is 10.2. The number of aliphatic hydroxyl groups excluding tert-OH is 1. The lowest BCUT2D eigenvalue weighted by atomic mass is 10.1. The molecule has 0 aliphatic carbocycles. The molecule has 1 aromatic heterocycles. The van der Waals surface area contributed by atoms with Crippen molar-refractivity contribution >= 4 is 5.69 Å². The molecule has 2 aromatic rings. The Morgan fingerprint density at radius 3 is 2.63 bits per heavy atom. The van der Waals surface area contributed by atoms with Crippen molar-refractivity contribution < 1.29 is 9.52 Å². The molecule has 1 unspecified atom stereocenters. The fourth-order valence-electron chi connectivity index (χ4n) is 2.11. The van der Waals surface area contributed by atoms with Gasteiger partial charge >= 0.3 is 0 Å². The van der Waals surface area contributed by atoms with Crippen molar-refractivity contribution in [2.75, 3.05) is 19.3 Å². The smallest absolute Gasteiger partial charge is 0.118 e. The topological polar surface area (TPSA) is 62.6 Å². The number of hydrogen-bond donors (Lipinski definition) is 2. The summed E-state index contributed by atoms with van der Waals surface area (Å²) < 4.78 is 5.52. The Balaban J connectivity index is 1.95. The van der Waals surface area contributed by atoms with Gasteiger partial charge in [-0.05, 0) is 32.2 Å². The number of aliphatic hydroxyl groups is 1. The second-order valence-corrected chi connectivity index (χ2v) is 4.85. The third-order valence-corrected chi connectivity index (χ3v) is 3.06. The highest BCUT2D eigenvalue weighted by atomic mass is 16.3. The zero-order chi connectivity index (χ0) is 13.8. The maximum atomic E-state index is 10.2. The van der Waals surface area contributed by atoms with E-state index in [1.807, 2.05) is 49.2 Å². The average molecular weight is 260 g/mol. The Labute approximate surface area is 113 Å². The number of hydrogen-bond acceptors (Lipinski definition) is 4. The first-order valence-corrected chi connectivity index (χ1v) is 6.32. The number of benzene rings is 1. The number of nitrogen functional groups attached to an aromatic ring is 1. The number of nitrogens with two attached hydrogens (primary N) is 1. The van der Waals surface area contributed by atoms with Crippen LogP contribution < -0.4 is 5.73 Å². The summed E-state index contributed by atoms with van der Waals surface area (Å²) in [7, 11) is 1.94. The van der Waals surface area contributed by atoms with Crippen LogP contribution in [0.15, 0.2) is 40.8 Å². The van der Waals surface area contributed by atoms with Crippen molar-refractivity contribution in [2.45, 2.75) is 19.6 Å². The predicted molar refractivity (Wildman–Crippen MR) is 75.6 cm³/mol. The van der Waals surface area contributed by atoms with Crippen LogP contribution in [0.1, 0.15) is 23.2 Å². The molecule has 1 aromatic carbocycles. The number of para-hydroxylation sites is 1. The van der Waals surface area contributed by atoms with Gasteiger partial charge in [0.2, 0.25) is 0 Å². The molecule has 0 saturated heterocycles. The molecular weight excluding hydrogens is 240 g/mol. The minimum Gasteiger partial charge on any atom is -0.465 e. The van der Waals surface area contributed by atoms with Crippen molar-refractivity contribution in [3.05, 3.63) is 53.5 Å². The SMILES string of the molecule is Cc1ccc(CN(C)CC(O)c2ccccc2N)o1. The molecule has 0 radical (unpaired) electrons. The van der Waals surface area contributed by atoms with Crippen LogP contribution >= 0.6 is 0 Å². The fourth-order valence-corrected chi connectivity index (χ4v) is 2.11. The molecule has 19 heavy (non-hydrogen) atoms. The molecule has 0 aliphatic heterocycles. The molecule has 3 N–H and O–H groups in total. The highest BCUT2D eigenvalue weighted by molar-refractivity contribution is 5.47. The van der Waals surface area contributed by atoms with Gasteiger partial charge in [-0.3, -0.25) is 4.90 Å². The number of anilines is 1. The van der Waals surface area contributed by atoms with Crippen LogP contribution in [0, 0.1) is 6.92 Å². The third-order valence-electron chi connectivity index (χ3n) is 3.06. The van der Waals surface area contributed by atoms with Crippen molar-refractivity contribution in [1.82, 2.24) is 4.90 Å². The van der Waals surface area contributed by atoms with Gasteiger partial charge in [0.25, 0.3) is 0 Å². The third kappa shape index (κ3) is 3.59. The number of furan rings is 1. The number of rotatable bonds is 5. The van der Waals surface area contributed by atoms with Gasteiger partial charge in [0.15, 0.2) is 0 Å². The van der Waals surface area contributed by atoms with Crippen LogP contribution in [0.3, 0.4) is 0 Å². The van der Waals surface area contributed by atoms with E-state index >= 15 is 0 Å². The normalized spacial score (nSPS) is 12.8. The highest BCUT2D eigenvalue weighted by Crippen LogP contribution is 2.21. The quantitative estimate of drug-likeness (QED) is 0.810. The van der Waals surface area contributed by atoms with Gasteiger partial charge in [-0.25, -0.2) is 0 Å². The molecule has 0 aliphatic rings. The Kier molecular flexibility index (Phi) is 4.24. The van der Waals surface area contributed by atoms with Gasteiger partial charge in [-0.15, -0.1) is 0 Å². The Morgan fingerprint density at radius 1 is 1.26 bits per heavy atom. The summed E-state index contributed by atoms with van der Waals surface area (Å²) >= 11 is 0. The summed E-state index contributed by atoms with van der Waals surface area (Å²) in [6, 6.07) is 11.3. The van der Waals surface area contributed by atoms with Crippen LogP contribution in [0.5, 0.6) is 0 Å². The summed E-state index contributed by atoms with van der Waals surface area (Å²) in [6.45, 7) is 3.09. The lowest BCUT2D eigenvalue weighted by Gasteiger charge is -2.20. The number of likely N-dealkylation sites (N-methyl/N-ethyl adjacent to an activating group) is 1. The van der Waals surface area contributed by atoms with E-state index in [9.17, 15) is 5.11 Å². The van der Waals surface area contributed by atoms with Crippen molar-refractivity contribution in [1.29, 1.82) is 0 Å². The van der Waals surface area contributed by atoms with E-state index in [2.05, 4.69) is 0 Å². The van der Waals surface area contributed by atoms with Gasteiger partial charge in [-0.2, -0.15) is 0 Å². The molecule has 0 bridgehead atoms. The first-order valence-electron chi connectivity index (χ1n) is 6.32. The lowest BCUT2D eigenvalue weighted by Crippen LogP contribution is -2.24. The van der Waals surface area contributed by atoms with E-state index < -0.39 is 6.10 Å². The first kappa shape index (κ1) is 13.6. The van der Waals surface area contributed by atoms with Crippen molar-refractivity contribution in [3.8, 4) is 0 Å². The largest absolute Gasteiger partial charge is 0.465 e. The van der Waals surface area contributed by atoms with E-state index in [0.29, 0.717) is 18.8 Å². The molecule has 1 atom stereocenters. The zero-order valence-electron chi connectivity index (χ0n) is 11.3. The predicted octanol–water partition coefficient (Wildman–Crippen LogP) is 2.34. The fraction of sp³-hybridized carbons (Fsp3) is 0.333. The first-order chi connectivity index (χ1) is 9.06. The Bertz CT molecular complexity index is 536. The van der Waals surface area contributed by atoms with Gasteiger partial charge in [0.05, 0.1) is 12.6 Å². The molecular formula is C15H20N2O2. The van der Waals surface area contributed by atoms with Gasteiger partial charge in [0.1, 0.15) is 11.5 Å². The minimum absolute atomic E-state index is 0.508. The Morgan fingerprint density at radius 2 is 2.00 bits per heavy atom. The van der Waals surface area contributed by atoms with Crippen LogP contribution in [-0.4, -0.2) is 23.6 Å². The molecule has 2 rings (SSSR count). The lowest BCUT2D eigenvalue weighted by molar-refractivity contribution is 0.120. The molecule has 0 amide bonds. The molecule has 4 heteroatoms. The molecule has 0 spiro atoms. The van der Waals surface area contributed by atoms with E-state index in [0.717, 1.165) is 17.1 Å². The Hall–Kier alpha value is -1.78. The van der Waals surface area contributed by atoms with Gasteiger partial charge < -0.3 is 15.3 Å². The average Bonchev–Trinajstić information content (AvgIpc) is 2.74. The second-order valence-electron chi connectivity index (χ2n) is 4.85. The van der Waals surface area contributed by atoms with E-state index in [1.165, 1.54) is 0 Å². The molecule has 102 valence electrons. The summed E-state index contributed by atoms with van der Waals surface area (Å²) in [6.07, 6.45) is -0.595. The standard InChI is InChI=1S/C15H20N2O2/c1-11-7-8-12(19-11)9-17(2)10-15(18)13-5-3-4-6-14(13)16/h3-8,15,18H,9-10,16H2,1-2H3. The van der Waals surface area contributed by atoms with Gasteiger partial charge in [0, 0.05) is 17.8 Å². The number of aryl methyl sites for hydroxylation is 1.